The molecular formula is C14H11ClN8O. The summed E-state index contributed by atoms with van der Waals surface area (Å²) in [5, 5.41) is 23.1. The molecule has 0 aliphatic heterocycles. The maximum atomic E-state index is 5.87. The third kappa shape index (κ3) is 3.01. The van der Waals surface area contributed by atoms with Gasteiger partial charge in [-0.3, -0.25) is 0 Å². The first-order valence-corrected chi connectivity index (χ1v) is 7.53. The van der Waals surface area contributed by atoms with E-state index in [1.165, 1.54) is 4.63 Å². The molecule has 3 aromatic heterocycles. The fourth-order valence-corrected chi connectivity index (χ4v) is 2.24. The van der Waals surface area contributed by atoms with E-state index in [9.17, 15) is 0 Å². The summed E-state index contributed by atoms with van der Waals surface area (Å²) in [4.78, 5) is 4.36. The number of anilines is 1. The molecule has 0 bridgehead atoms. The van der Waals surface area contributed by atoms with Crippen molar-refractivity contribution < 1.29 is 4.52 Å². The predicted octanol–water partition coefficient (Wildman–Crippen LogP) is 1.88. The average Bonchev–Trinajstić information content (AvgIpc) is 3.24. The molecule has 10 heteroatoms. The van der Waals surface area contributed by atoms with Crippen molar-refractivity contribution in [2.45, 2.75) is 6.42 Å². The van der Waals surface area contributed by atoms with E-state index in [1.807, 2.05) is 12.1 Å². The highest BCUT2D eigenvalue weighted by atomic mass is 35.5. The molecule has 3 heterocycles. The number of aromatic nitrogens is 7. The Morgan fingerprint density at radius 3 is 2.88 bits per heavy atom. The van der Waals surface area contributed by atoms with Crippen LogP contribution in [0.3, 0.4) is 0 Å². The summed E-state index contributed by atoms with van der Waals surface area (Å²) in [5.41, 5.74) is 1.44. The third-order valence-electron chi connectivity index (χ3n) is 3.29. The van der Waals surface area contributed by atoms with Crippen molar-refractivity contribution in [3.05, 3.63) is 47.3 Å². The highest BCUT2D eigenvalue weighted by Gasteiger charge is 2.08. The van der Waals surface area contributed by atoms with Crippen molar-refractivity contribution in [2.24, 2.45) is 0 Å². The monoisotopic (exact) mass is 342 g/mol. The number of tetrazole rings is 1. The minimum absolute atomic E-state index is 0.537. The van der Waals surface area contributed by atoms with Crippen LogP contribution in [-0.4, -0.2) is 41.9 Å². The molecule has 0 saturated carbocycles. The molecule has 1 aromatic carbocycles. The smallest absolute Gasteiger partial charge is 0.228 e. The molecule has 0 radical (unpaired) electrons. The van der Waals surface area contributed by atoms with E-state index in [2.05, 4.69) is 36.1 Å². The Balaban J connectivity index is 1.38. The second-order valence-corrected chi connectivity index (χ2v) is 5.38. The number of rotatable bonds is 5. The van der Waals surface area contributed by atoms with Crippen LogP contribution in [0.2, 0.25) is 5.02 Å². The van der Waals surface area contributed by atoms with Gasteiger partial charge in [0.25, 0.3) is 0 Å². The van der Waals surface area contributed by atoms with Gasteiger partial charge in [-0.05, 0) is 46.8 Å². The molecule has 0 amide bonds. The number of hydrogen-bond acceptors (Lipinski definition) is 8. The Bertz CT molecular complexity index is 964. The second kappa shape index (κ2) is 6.20. The Labute approximate surface area is 140 Å². The lowest BCUT2D eigenvalue weighted by Gasteiger charge is -2.02. The van der Waals surface area contributed by atoms with Gasteiger partial charge in [-0.2, -0.15) is 4.98 Å². The fourth-order valence-electron chi connectivity index (χ4n) is 2.11. The topological polar surface area (TPSA) is 107 Å². The van der Waals surface area contributed by atoms with E-state index in [-0.39, 0.29) is 0 Å². The maximum absolute atomic E-state index is 5.87. The number of benzene rings is 1. The third-order valence-corrected chi connectivity index (χ3v) is 3.54. The van der Waals surface area contributed by atoms with Crippen molar-refractivity contribution >= 4 is 23.1 Å². The van der Waals surface area contributed by atoms with Crippen molar-refractivity contribution in [1.29, 1.82) is 0 Å². The van der Waals surface area contributed by atoms with E-state index in [4.69, 9.17) is 16.1 Å². The van der Waals surface area contributed by atoms with Crippen molar-refractivity contribution in [1.82, 2.24) is 35.4 Å². The largest absolute Gasteiger partial charge is 0.368 e. The molecular weight excluding hydrogens is 332 g/mol. The van der Waals surface area contributed by atoms with Crippen LogP contribution in [0, 0.1) is 0 Å². The van der Waals surface area contributed by atoms with Crippen LogP contribution >= 0.6 is 11.6 Å². The quantitative estimate of drug-likeness (QED) is 0.585. The molecule has 120 valence electrons. The maximum Gasteiger partial charge on any atom is 0.228 e. The van der Waals surface area contributed by atoms with Crippen LogP contribution in [-0.2, 0) is 6.42 Å². The SMILES string of the molecule is Clc1ccc(-c2noc(CCNc3ccc4nnnn4n3)n2)cc1. The second-order valence-electron chi connectivity index (χ2n) is 4.94. The highest BCUT2D eigenvalue weighted by molar-refractivity contribution is 6.30. The van der Waals surface area contributed by atoms with Crippen molar-refractivity contribution in [3.8, 4) is 11.4 Å². The summed E-state index contributed by atoms with van der Waals surface area (Å²) >= 11 is 5.87. The van der Waals surface area contributed by atoms with Gasteiger partial charge < -0.3 is 9.84 Å². The summed E-state index contributed by atoms with van der Waals surface area (Å²) in [5.74, 6) is 1.73. The van der Waals surface area contributed by atoms with E-state index in [1.54, 1.807) is 24.3 Å². The fraction of sp³-hybridized carbons (Fsp3) is 0.143. The minimum atomic E-state index is 0.537. The summed E-state index contributed by atoms with van der Waals surface area (Å²) in [6, 6.07) is 10.9. The molecule has 0 atom stereocenters. The van der Waals surface area contributed by atoms with E-state index in [0.717, 1.165) is 5.56 Å². The first-order valence-electron chi connectivity index (χ1n) is 7.16. The van der Waals surface area contributed by atoms with E-state index < -0.39 is 0 Å². The number of nitrogens with one attached hydrogen (secondary N) is 1. The molecule has 9 nitrogen and oxygen atoms in total. The van der Waals surface area contributed by atoms with Gasteiger partial charge >= 0.3 is 0 Å². The summed E-state index contributed by atoms with van der Waals surface area (Å²) in [6.07, 6.45) is 0.565. The normalized spacial score (nSPS) is 11.0. The van der Waals surface area contributed by atoms with Crippen LogP contribution in [0.5, 0.6) is 0 Å². The summed E-state index contributed by atoms with van der Waals surface area (Å²) in [7, 11) is 0. The van der Waals surface area contributed by atoms with Crippen molar-refractivity contribution in [2.75, 3.05) is 11.9 Å². The van der Waals surface area contributed by atoms with Crippen LogP contribution in [0.1, 0.15) is 5.89 Å². The van der Waals surface area contributed by atoms with Gasteiger partial charge in [0.15, 0.2) is 5.65 Å². The van der Waals surface area contributed by atoms with Gasteiger partial charge in [-0.15, -0.1) is 14.8 Å². The van der Waals surface area contributed by atoms with E-state index in [0.29, 0.717) is 41.2 Å². The molecule has 0 spiro atoms. The van der Waals surface area contributed by atoms with Gasteiger partial charge in [0.05, 0.1) is 0 Å². The van der Waals surface area contributed by atoms with Crippen LogP contribution in [0.4, 0.5) is 5.82 Å². The predicted molar refractivity (Wildman–Crippen MR) is 85.5 cm³/mol. The molecule has 0 aliphatic carbocycles. The molecule has 0 aliphatic rings. The Morgan fingerprint density at radius 1 is 1.12 bits per heavy atom. The Morgan fingerprint density at radius 2 is 2.00 bits per heavy atom. The average molecular weight is 343 g/mol. The molecule has 4 rings (SSSR count). The van der Waals surface area contributed by atoms with Crippen LogP contribution in [0.25, 0.3) is 17.0 Å². The van der Waals surface area contributed by atoms with Gasteiger partial charge in [-0.25, -0.2) is 0 Å². The van der Waals surface area contributed by atoms with Gasteiger partial charge in [0, 0.05) is 23.6 Å². The molecule has 24 heavy (non-hydrogen) atoms. The minimum Gasteiger partial charge on any atom is -0.368 e. The number of halogens is 1. The lowest BCUT2D eigenvalue weighted by atomic mass is 10.2. The number of fused-ring (bicyclic) bond motifs is 1. The zero-order valence-electron chi connectivity index (χ0n) is 12.3. The van der Waals surface area contributed by atoms with Crippen molar-refractivity contribution in [3.63, 3.8) is 0 Å². The molecule has 0 saturated heterocycles. The van der Waals surface area contributed by atoms with E-state index >= 15 is 0 Å². The summed E-state index contributed by atoms with van der Waals surface area (Å²) in [6.45, 7) is 0.586. The molecule has 4 aromatic rings. The zero-order valence-corrected chi connectivity index (χ0v) is 13.1. The molecule has 0 unspecified atom stereocenters. The zero-order chi connectivity index (χ0) is 16.4. The Hall–Kier alpha value is -3.07. The lowest BCUT2D eigenvalue weighted by molar-refractivity contribution is 0.381. The molecule has 0 fully saturated rings. The Kier molecular flexibility index (Phi) is 3.75. The number of hydrogen-bond donors (Lipinski definition) is 1. The molecule has 1 N–H and O–H groups in total. The van der Waals surface area contributed by atoms with Gasteiger partial charge in [0.2, 0.25) is 11.7 Å². The highest BCUT2D eigenvalue weighted by Crippen LogP contribution is 2.18. The van der Waals surface area contributed by atoms with Gasteiger partial charge in [-0.1, -0.05) is 16.8 Å². The number of nitrogens with zero attached hydrogens (tertiary/aromatic N) is 7. The lowest BCUT2D eigenvalue weighted by Crippen LogP contribution is -2.08. The van der Waals surface area contributed by atoms with Crippen LogP contribution in [0.15, 0.2) is 40.9 Å². The standard InChI is InChI=1S/C14H11ClN8O/c15-10-3-1-9(2-4-10)14-17-13(24-20-14)7-8-16-11-5-6-12-18-21-22-23(12)19-11/h1-6H,7-8H2,(H,16,19). The van der Waals surface area contributed by atoms with Gasteiger partial charge in [0.1, 0.15) is 5.82 Å². The summed E-state index contributed by atoms with van der Waals surface area (Å²) < 4.78 is 6.61. The first-order chi connectivity index (χ1) is 11.8. The van der Waals surface area contributed by atoms with Crippen LogP contribution < -0.4 is 5.32 Å². The first kappa shape index (κ1) is 14.5.